The fourth-order valence-corrected chi connectivity index (χ4v) is 3.02. The Balaban J connectivity index is 1.79. The Kier molecular flexibility index (Phi) is 2.82. The van der Waals surface area contributed by atoms with Crippen LogP contribution in [0.25, 0.3) is 0 Å². The quantitative estimate of drug-likeness (QED) is 0.850. The first-order chi connectivity index (χ1) is 8.65. The van der Waals surface area contributed by atoms with Gasteiger partial charge in [-0.1, -0.05) is 6.07 Å². The van der Waals surface area contributed by atoms with Crippen molar-refractivity contribution in [3.63, 3.8) is 0 Å². The van der Waals surface area contributed by atoms with Crippen molar-refractivity contribution in [1.29, 1.82) is 0 Å². The summed E-state index contributed by atoms with van der Waals surface area (Å²) in [7, 11) is 0. The maximum Gasteiger partial charge on any atom is 0.224 e. The van der Waals surface area contributed by atoms with Gasteiger partial charge in [0.1, 0.15) is 0 Å². The number of amides is 1. The molecular formula is C14H19N3O. The van der Waals surface area contributed by atoms with E-state index in [9.17, 15) is 4.79 Å². The first-order valence-corrected chi connectivity index (χ1v) is 6.60. The molecule has 18 heavy (non-hydrogen) atoms. The van der Waals surface area contributed by atoms with E-state index in [2.05, 4.69) is 23.3 Å². The van der Waals surface area contributed by atoms with Gasteiger partial charge < -0.3 is 10.2 Å². The van der Waals surface area contributed by atoms with E-state index in [0.717, 1.165) is 24.2 Å². The molecule has 0 aliphatic carbocycles. The molecule has 0 radical (unpaired) electrons. The van der Waals surface area contributed by atoms with Crippen LogP contribution in [-0.4, -0.2) is 34.4 Å². The van der Waals surface area contributed by atoms with Crippen LogP contribution in [0.1, 0.15) is 29.7 Å². The van der Waals surface area contributed by atoms with Crippen LogP contribution in [0.5, 0.6) is 0 Å². The average molecular weight is 245 g/mol. The molecule has 4 nitrogen and oxygen atoms in total. The number of nitrogens with one attached hydrogen (secondary N) is 1. The first-order valence-electron chi connectivity index (χ1n) is 6.60. The minimum atomic E-state index is 0.274. The highest BCUT2D eigenvalue weighted by Gasteiger charge is 2.42. The number of carbonyl (C=O) groups excluding carboxylic acids is 1. The van der Waals surface area contributed by atoms with E-state index in [4.69, 9.17) is 0 Å². The van der Waals surface area contributed by atoms with Gasteiger partial charge in [0.2, 0.25) is 5.91 Å². The Morgan fingerprint density at radius 3 is 3.11 bits per heavy atom. The summed E-state index contributed by atoms with van der Waals surface area (Å²) in [6, 6.07) is 2.90. The molecule has 96 valence electrons. The van der Waals surface area contributed by atoms with E-state index < -0.39 is 0 Å². The smallest absolute Gasteiger partial charge is 0.224 e. The monoisotopic (exact) mass is 245 g/mol. The Labute approximate surface area is 107 Å². The number of aryl methyl sites for hydroxylation is 2. The van der Waals surface area contributed by atoms with Gasteiger partial charge in [-0.2, -0.15) is 0 Å². The van der Waals surface area contributed by atoms with Gasteiger partial charge in [-0.15, -0.1) is 0 Å². The molecule has 1 aromatic heterocycles. The fraction of sp³-hybridized carbons (Fsp3) is 0.571. The van der Waals surface area contributed by atoms with Crippen molar-refractivity contribution < 1.29 is 4.79 Å². The Hall–Kier alpha value is -1.42. The van der Waals surface area contributed by atoms with Gasteiger partial charge in [-0.3, -0.25) is 9.78 Å². The summed E-state index contributed by atoms with van der Waals surface area (Å²) in [6.45, 7) is 5.81. The maximum absolute atomic E-state index is 12.0. The SMILES string of the molecule is Cc1cc(CN2C(=O)C[C@H]3NCC[C@H]32)cnc1C. The van der Waals surface area contributed by atoms with Crippen molar-refractivity contribution >= 4 is 5.91 Å². The molecule has 2 aliphatic rings. The lowest BCUT2D eigenvalue weighted by Gasteiger charge is -2.23. The summed E-state index contributed by atoms with van der Waals surface area (Å²) in [5, 5.41) is 3.41. The van der Waals surface area contributed by atoms with Crippen molar-refractivity contribution in [3.8, 4) is 0 Å². The Morgan fingerprint density at radius 1 is 1.50 bits per heavy atom. The van der Waals surface area contributed by atoms with Crippen molar-refractivity contribution in [2.45, 2.75) is 45.3 Å². The molecule has 3 heterocycles. The van der Waals surface area contributed by atoms with Gasteiger partial charge in [0.25, 0.3) is 0 Å². The molecule has 0 spiro atoms. The third-order valence-corrected chi connectivity index (χ3v) is 4.18. The first kappa shape index (κ1) is 11.7. The number of rotatable bonds is 2. The van der Waals surface area contributed by atoms with Crippen LogP contribution < -0.4 is 5.32 Å². The van der Waals surface area contributed by atoms with E-state index >= 15 is 0 Å². The van der Waals surface area contributed by atoms with Gasteiger partial charge in [-0.05, 0) is 37.9 Å². The van der Waals surface area contributed by atoms with Crippen molar-refractivity contribution in [2.75, 3.05) is 6.54 Å². The van der Waals surface area contributed by atoms with Crippen LogP contribution in [0.15, 0.2) is 12.3 Å². The second-order valence-electron chi connectivity index (χ2n) is 5.39. The Bertz CT molecular complexity index is 486. The predicted molar refractivity (Wildman–Crippen MR) is 69.1 cm³/mol. The van der Waals surface area contributed by atoms with Gasteiger partial charge >= 0.3 is 0 Å². The molecule has 0 unspecified atom stereocenters. The van der Waals surface area contributed by atoms with Crippen molar-refractivity contribution in [1.82, 2.24) is 15.2 Å². The van der Waals surface area contributed by atoms with E-state index in [-0.39, 0.29) is 5.91 Å². The zero-order valence-corrected chi connectivity index (χ0v) is 10.9. The lowest BCUT2D eigenvalue weighted by molar-refractivity contribution is -0.129. The van der Waals surface area contributed by atoms with Crippen LogP contribution in [0.2, 0.25) is 0 Å². The molecule has 2 aliphatic heterocycles. The highest BCUT2D eigenvalue weighted by atomic mass is 16.2. The fourth-order valence-electron chi connectivity index (χ4n) is 3.02. The predicted octanol–water partition coefficient (Wildman–Crippen LogP) is 1.16. The zero-order chi connectivity index (χ0) is 12.7. The lowest BCUT2D eigenvalue weighted by Crippen LogP contribution is -2.35. The minimum absolute atomic E-state index is 0.274. The number of hydrogen-bond acceptors (Lipinski definition) is 3. The minimum Gasteiger partial charge on any atom is -0.334 e. The normalized spacial score (nSPS) is 26.8. The van der Waals surface area contributed by atoms with Crippen LogP contribution >= 0.6 is 0 Å². The summed E-state index contributed by atoms with van der Waals surface area (Å²) in [5.41, 5.74) is 3.39. The maximum atomic E-state index is 12.0. The molecule has 3 rings (SSSR count). The standard InChI is InChI=1S/C14H19N3O/c1-9-5-11(7-16-10(9)2)8-17-13-3-4-15-12(13)6-14(17)18/h5,7,12-13,15H,3-4,6,8H2,1-2H3/t12-,13-/m1/s1. The van der Waals surface area contributed by atoms with Crippen LogP contribution in [-0.2, 0) is 11.3 Å². The second-order valence-corrected chi connectivity index (χ2v) is 5.39. The van der Waals surface area contributed by atoms with E-state index in [1.807, 2.05) is 18.0 Å². The zero-order valence-electron chi connectivity index (χ0n) is 10.9. The van der Waals surface area contributed by atoms with Gasteiger partial charge in [-0.25, -0.2) is 0 Å². The highest BCUT2D eigenvalue weighted by Crippen LogP contribution is 2.27. The van der Waals surface area contributed by atoms with Crippen molar-refractivity contribution in [2.24, 2.45) is 0 Å². The molecule has 2 saturated heterocycles. The largest absolute Gasteiger partial charge is 0.334 e. The molecule has 1 N–H and O–H groups in total. The summed E-state index contributed by atoms with van der Waals surface area (Å²) >= 11 is 0. The molecular weight excluding hydrogens is 226 g/mol. The highest BCUT2D eigenvalue weighted by molar-refractivity contribution is 5.80. The molecule has 0 bridgehead atoms. The van der Waals surface area contributed by atoms with Crippen LogP contribution in [0, 0.1) is 13.8 Å². The summed E-state index contributed by atoms with van der Waals surface area (Å²) in [5.74, 6) is 0.274. The van der Waals surface area contributed by atoms with E-state index in [1.165, 1.54) is 5.56 Å². The van der Waals surface area contributed by atoms with E-state index in [0.29, 0.717) is 25.0 Å². The molecule has 2 fully saturated rings. The summed E-state index contributed by atoms with van der Waals surface area (Å²) in [6.07, 6.45) is 3.63. The van der Waals surface area contributed by atoms with Gasteiger partial charge in [0, 0.05) is 36.9 Å². The van der Waals surface area contributed by atoms with E-state index in [1.54, 1.807) is 0 Å². The molecule has 1 amide bonds. The number of hydrogen-bond donors (Lipinski definition) is 1. The molecule has 0 aromatic carbocycles. The topological polar surface area (TPSA) is 45.2 Å². The van der Waals surface area contributed by atoms with Crippen molar-refractivity contribution in [3.05, 3.63) is 29.1 Å². The number of aromatic nitrogens is 1. The molecule has 4 heteroatoms. The van der Waals surface area contributed by atoms with Gasteiger partial charge in [0.05, 0.1) is 0 Å². The number of nitrogens with zero attached hydrogens (tertiary/aromatic N) is 2. The molecule has 1 aromatic rings. The number of fused-ring (bicyclic) bond motifs is 1. The lowest BCUT2D eigenvalue weighted by atomic mass is 10.1. The average Bonchev–Trinajstić information content (AvgIpc) is 2.87. The number of likely N-dealkylation sites (tertiary alicyclic amines) is 1. The summed E-state index contributed by atoms with van der Waals surface area (Å²) < 4.78 is 0. The Morgan fingerprint density at radius 2 is 2.33 bits per heavy atom. The van der Waals surface area contributed by atoms with Crippen LogP contribution in [0.3, 0.4) is 0 Å². The van der Waals surface area contributed by atoms with Crippen LogP contribution in [0.4, 0.5) is 0 Å². The van der Waals surface area contributed by atoms with Gasteiger partial charge in [0.15, 0.2) is 0 Å². The molecule has 2 atom stereocenters. The molecule has 0 saturated carbocycles. The third kappa shape index (κ3) is 1.90. The third-order valence-electron chi connectivity index (χ3n) is 4.18. The second kappa shape index (κ2) is 4.35. The number of pyridine rings is 1. The summed E-state index contributed by atoms with van der Waals surface area (Å²) in [4.78, 5) is 18.4. The number of carbonyl (C=O) groups is 1.